The van der Waals surface area contributed by atoms with Gasteiger partial charge in [0.1, 0.15) is 11.4 Å². The van der Waals surface area contributed by atoms with E-state index in [4.69, 9.17) is 18.9 Å². The van der Waals surface area contributed by atoms with Gasteiger partial charge in [0, 0.05) is 13.0 Å². The maximum atomic E-state index is 12.8. The van der Waals surface area contributed by atoms with Crippen LogP contribution in [0.2, 0.25) is 0 Å². The highest BCUT2D eigenvalue weighted by atomic mass is 16.6. The van der Waals surface area contributed by atoms with E-state index in [1.165, 1.54) is 12.0 Å². The van der Waals surface area contributed by atoms with Crippen molar-refractivity contribution < 1.29 is 28.5 Å². The molecule has 1 amide bonds. The summed E-state index contributed by atoms with van der Waals surface area (Å²) in [6.07, 6.45) is 0.815. The van der Waals surface area contributed by atoms with Crippen molar-refractivity contribution in [3.63, 3.8) is 0 Å². The van der Waals surface area contributed by atoms with Crippen molar-refractivity contribution in [3.05, 3.63) is 65.2 Å². The summed E-state index contributed by atoms with van der Waals surface area (Å²) < 4.78 is 22.1. The van der Waals surface area contributed by atoms with Gasteiger partial charge in [0.15, 0.2) is 6.04 Å². The normalized spacial score (nSPS) is 15.5. The molecule has 0 bridgehead atoms. The van der Waals surface area contributed by atoms with E-state index in [0.29, 0.717) is 44.1 Å². The molecule has 7 heteroatoms. The second kappa shape index (κ2) is 11.2. The van der Waals surface area contributed by atoms with Gasteiger partial charge in [-0.3, -0.25) is 4.90 Å². The highest BCUT2D eigenvalue weighted by molar-refractivity contribution is 5.84. The summed E-state index contributed by atoms with van der Waals surface area (Å²) in [5.74, 6) is 0.130. The third-order valence-electron chi connectivity index (χ3n) is 5.21. The summed E-state index contributed by atoms with van der Waals surface area (Å²) in [6, 6.07) is 14.8. The van der Waals surface area contributed by atoms with Gasteiger partial charge < -0.3 is 18.9 Å². The molecular weight excluding hydrogens is 422 g/mol. The Balaban J connectivity index is 1.61. The zero-order valence-corrected chi connectivity index (χ0v) is 19.8. The molecule has 7 nitrogen and oxygen atoms in total. The average Bonchev–Trinajstić information content (AvgIpc) is 2.79. The number of fused-ring (bicyclic) bond motifs is 1. The number of rotatable bonds is 8. The molecule has 2 aromatic rings. The molecule has 0 fully saturated rings. The number of methoxy groups -OCH3 is 1. The molecular formula is C26H33NO6. The van der Waals surface area contributed by atoms with E-state index < -0.39 is 23.7 Å². The number of benzene rings is 2. The number of carbonyl (C=O) groups excluding carboxylic acids is 2. The van der Waals surface area contributed by atoms with Crippen LogP contribution in [0.1, 0.15) is 49.9 Å². The zero-order valence-electron chi connectivity index (χ0n) is 19.8. The molecule has 33 heavy (non-hydrogen) atoms. The Hall–Kier alpha value is -3.06. The van der Waals surface area contributed by atoms with Gasteiger partial charge in [-0.15, -0.1) is 0 Å². The fraction of sp³-hybridized carbons (Fsp3) is 0.462. The van der Waals surface area contributed by atoms with Crippen LogP contribution in [0, 0.1) is 0 Å². The van der Waals surface area contributed by atoms with Gasteiger partial charge in [-0.2, -0.15) is 0 Å². The van der Waals surface area contributed by atoms with E-state index in [9.17, 15) is 9.59 Å². The summed E-state index contributed by atoms with van der Waals surface area (Å²) in [6.45, 7) is 7.40. The number of amides is 1. The first-order chi connectivity index (χ1) is 15.8. The number of nitrogens with zero attached hydrogens (tertiary/aromatic N) is 1. The Morgan fingerprint density at radius 3 is 2.52 bits per heavy atom. The highest BCUT2D eigenvalue weighted by Crippen LogP contribution is 2.34. The minimum atomic E-state index is -0.869. The largest absolute Gasteiger partial charge is 0.493 e. The van der Waals surface area contributed by atoms with Crippen LogP contribution in [0.4, 0.5) is 4.79 Å². The topological polar surface area (TPSA) is 74.3 Å². The van der Waals surface area contributed by atoms with Crippen molar-refractivity contribution in [1.82, 2.24) is 4.90 Å². The van der Waals surface area contributed by atoms with Crippen LogP contribution in [0.5, 0.6) is 5.75 Å². The summed E-state index contributed by atoms with van der Waals surface area (Å²) in [4.78, 5) is 26.8. The molecule has 0 spiro atoms. The molecule has 2 aromatic carbocycles. The lowest BCUT2D eigenvalue weighted by atomic mass is 9.92. The molecule has 1 aliphatic rings. The number of hydrogen-bond acceptors (Lipinski definition) is 6. The monoisotopic (exact) mass is 455 g/mol. The SMILES string of the molecule is COC(=O)C1c2cc(OCCCOCc3ccccc3)ccc2CCN1C(=O)OC(C)(C)C. The standard InChI is InChI=1S/C26H33NO6/c1-26(2,3)33-25(29)27-14-13-20-11-12-21(17-22(20)23(27)24(28)30-4)32-16-8-15-31-18-19-9-6-5-7-10-19/h5-7,9-12,17,23H,8,13-16,18H2,1-4H3. The molecule has 1 unspecified atom stereocenters. The third kappa shape index (κ3) is 6.96. The Bertz CT molecular complexity index is 938. The van der Waals surface area contributed by atoms with Gasteiger partial charge in [0.05, 0.1) is 26.9 Å². The minimum absolute atomic E-state index is 0.376. The third-order valence-corrected chi connectivity index (χ3v) is 5.21. The highest BCUT2D eigenvalue weighted by Gasteiger charge is 2.39. The number of hydrogen-bond donors (Lipinski definition) is 0. The van der Waals surface area contributed by atoms with Gasteiger partial charge in [-0.25, -0.2) is 9.59 Å². The summed E-state index contributed by atoms with van der Waals surface area (Å²) >= 11 is 0. The Labute approximate surface area is 195 Å². The average molecular weight is 456 g/mol. The lowest BCUT2D eigenvalue weighted by Gasteiger charge is -2.36. The quantitative estimate of drug-likeness (QED) is 0.425. The molecule has 0 saturated heterocycles. The fourth-order valence-corrected chi connectivity index (χ4v) is 3.68. The van der Waals surface area contributed by atoms with E-state index in [1.54, 1.807) is 20.8 Å². The molecule has 1 heterocycles. The Kier molecular flexibility index (Phi) is 8.33. The Morgan fingerprint density at radius 2 is 1.82 bits per heavy atom. The van der Waals surface area contributed by atoms with E-state index in [-0.39, 0.29) is 0 Å². The molecule has 178 valence electrons. The van der Waals surface area contributed by atoms with Crippen molar-refractivity contribution in [3.8, 4) is 5.75 Å². The molecule has 1 atom stereocenters. The van der Waals surface area contributed by atoms with Crippen molar-refractivity contribution >= 4 is 12.1 Å². The molecule has 0 saturated carbocycles. The van der Waals surface area contributed by atoms with Crippen molar-refractivity contribution in [1.29, 1.82) is 0 Å². The van der Waals surface area contributed by atoms with Crippen LogP contribution in [0.3, 0.4) is 0 Å². The summed E-state index contributed by atoms with van der Waals surface area (Å²) in [7, 11) is 1.32. The van der Waals surface area contributed by atoms with Gasteiger partial charge in [-0.1, -0.05) is 36.4 Å². The number of ether oxygens (including phenoxy) is 4. The smallest absolute Gasteiger partial charge is 0.411 e. The molecule has 3 rings (SSSR count). The van der Waals surface area contributed by atoms with Gasteiger partial charge in [0.2, 0.25) is 0 Å². The van der Waals surface area contributed by atoms with Crippen LogP contribution < -0.4 is 4.74 Å². The first kappa shape index (κ1) is 24.6. The van der Waals surface area contributed by atoms with Crippen LogP contribution in [-0.2, 0) is 32.0 Å². The second-order valence-corrected chi connectivity index (χ2v) is 8.95. The van der Waals surface area contributed by atoms with E-state index >= 15 is 0 Å². The zero-order chi connectivity index (χ0) is 23.8. The van der Waals surface area contributed by atoms with Crippen molar-refractivity contribution in [2.24, 2.45) is 0 Å². The first-order valence-corrected chi connectivity index (χ1v) is 11.2. The molecule has 0 radical (unpaired) electrons. The van der Waals surface area contributed by atoms with E-state index in [1.807, 2.05) is 48.5 Å². The molecule has 0 N–H and O–H groups in total. The van der Waals surface area contributed by atoms with Crippen LogP contribution in [-0.4, -0.2) is 49.4 Å². The van der Waals surface area contributed by atoms with Crippen molar-refractivity contribution in [2.75, 3.05) is 26.9 Å². The summed E-state index contributed by atoms with van der Waals surface area (Å²) in [5, 5.41) is 0. The lowest BCUT2D eigenvalue weighted by molar-refractivity contribution is -0.147. The van der Waals surface area contributed by atoms with Gasteiger partial charge in [0.25, 0.3) is 0 Å². The van der Waals surface area contributed by atoms with Gasteiger partial charge in [-0.05, 0) is 56.0 Å². The second-order valence-electron chi connectivity index (χ2n) is 8.95. The number of esters is 1. The molecule has 0 aromatic heterocycles. The first-order valence-electron chi connectivity index (χ1n) is 11.2. The maximum Gasteiger partial charge on any atom is 0.411 e. The van der Waals surface area contributed by atoms with Crippen LogP contribution in [0.15, 0.2) is 48.5 Å². The van der Waals surface area contributed by atoms with Crippen LogP contribution in [0.25, 0.3) is 0 Å². The predicted molar refractivity (Wildman–Crippen MR) is 124 cm³/mol. The predicted octanol–water partition coefficient (Wildman–Crippen LogP) is 4.68. The van der Waals surface area contributed by atoms with E-state index in [2.05, 4.69) is 0 Å². The molecule has 1 aliphatic heterocycles. The molecule has 0 aliphatic carbocycles. The fourth-order valence-electron chi connectivity index (χ4n) is 3.68. The number of carbonyl (C=O) groups is 2. The van der Waals surface area contributed by atoms with E-state index in [0.717, 1.165) is 17.5 Å². The summed E-state index contributed by atoms with van der Waals surface area (Å²) in [5.41, 5.74) is 2.17. The van der Waals surface area contributed by atoms with Crippen molar-refractivity contribution in [2.45, 2.75) is 51.9 Å². The lowest BCUT2D eigenvalue weighted by Crippen LogP contribution is -2.46. The van der Waals surface area contributed by atoms with Gasteiger partial charge >= 0.3 is 12.1 Å². The minimum Gasteiger partial charge on any atom is -0.493 e. The maximum absolute atomic E-state index is 12.8. The Morgan fingerprint density at radius 1 is 1.06 bits per heavy atom. The van der Waals surface area contributed by atoms with Crippen LogP contribution >= 0.6 is 0 Å².